The summed E-state index contributed by atoms with van der Waals surface area (Å²) in [6.45, 7) is 4.56. The second-order valence-corrected chi connectivity index (χ2v) is 7.69. The van der Waals surface area contributed by atoms with Crippen LogP contribution in [0.5, 0.6) is 5.75 Å². The van der Waals surface area contributed by atoms with E-state index in [2.05, 4.69) is 6.92 Å². The molecule has 30 heavy (non-hydrogen) atoms. The van der Waals surface area contributed by atoms with Gasteiger partial charge in [0.05, 0.1) is 18.7 Å². The van der Waals surface area contributed by atoms with Gasteiger partial charge in [-0.3, -0.25) is 9.59 Å². The van der Waals surface area contributed by atoms with Crippen LogP contribution in [-0.2, 0) is 9.59 Å². The number of nitrogens with zero attached hydrogens (tertiary/aromatic N) is 1. The smallest absolute Gasteiger partial charge is 0.295 e. The first-order valence-electron chi connectivity index (χ1n) is 10.5. The van der Waals surface area contributed by atoms with Crippen molar-refractivity contribution in [2.45, 2.75) is 45.6 Å². The van der Waals surface area contributed by atoms with E-state index in [4.69, 9.17) is 4.74 Å². The highest BCUT2D eigenvalue weighted by atomic mass is 16.5. The van der Waals surface area contributed by atoms with Crippen LogP contribution in [0, 0.1) is 6.92 Å². The summed E-state index contributed by atoms with van der Waals surface area (Å²) in [4.78, 5) is 27.4. The third-order valence-electron chi connectivity index (χ3n) is 5.55. The molecule has 0 bridgehead atoms. The molecule has 1 aliphatic rings. The molecule has 0 saturated carbocycles. The molecule has 0 aromatic heterocycles. The summed E-state index contributed by atoms with van der Waals surface area (Å²) in [7, 11) is 1.59. The lowest BCUT2D eigenvalue weighted by Gasteiger charge is -2.25. The maximum Gasteiger partial charge on any atom is 0.295 e. The summed E-state index contributed by atoms with van der Waals surface area (Å²) in [5.41, 5.74) is 2.50. The topological polar surface area (TPSA) is 66.8 Å². The zero-order valence-corrected chi connectivity index (χ0v) is 17.9. The average molecular weight is 408 g/mol. The van der Waals surface area contributed by atoms with Gasteiger partial charge in [-0.1, -0.05) is 68.1 Å². The predicted octanol–water partition coefficient (Wildman–Crippen LogP) is 5.01. The SMILES string of the molecule is CCCCCCN1C(=O)C(=O)C(=C(O)c2ccc(C)cc2)C1c1ccc(OC)cc1. The molecule has 1 aliphatic heterocycles. The van der Waals surface area contributed by atoms with E-state index in [0.717, 1.165) is 36.8 Å². The molecule has 1 fully saturated rings. The number of ketones is 1. The van der Waals surface area contributed by atoms with Crippen molar-refractivity contribution in [3.05, 3.63) is 70.8 Å². The fourth-order valence-electron chi connectivity index (χ4n) is 3.82. The number of carbonyl (C=O) groups excluding carboxylic acids is 2. The second kappa shape index (κ2) is 9.61. The molecule has 1 unspecified atom stereocenters. The van der Waals surface area contributed by atoms with E-state index < -0.39 is 17.7 Å². The van der Waals surface area contributed by atoms with Crippen LogP contribution in [0.15, 0.2) is 54.1 Å². The largest absolute Gasteiger partial charge is 0.507 e. The number of aliphatic hydroxyl groups excluding tert-OH is 1. The van der Waals surface area contributed by atoms with E-state index in [0.29, 0.717) is 17.9 Å². The molecule has 1 amide bonds. The highest BCUT2D eigenvalue weighted by Crippen LogP contribution is 2.40. The molecule has 2 aromatic carbocycles. The van der Waals surface area contributed by atoms with E-state index in [1.807, 2.05) is 31.2 Å². The van der Waals surface area contributed by atoms with Gasteiger partial charge in [-0.15, -0.1) is 0 Å². The number of ether oxygens (including phenoxy) is 1. The number of rotatable bonds is 8. The van der Waals surface area contributed by atoms with Crippen molar-refractivity contribution in [3.8, 4) is 5.75 Å². The Kier molecular flexibility index (Phi) is 6.93. The van der Waals surface area contributed by atoms with E-state index in [-0.39, 0.29) is 11.3 Å². The molecule has 1 atom stereocenters. The van der Waals surface area contributed by atoms with Crippen molar-refractivity contribution in [2.24, 2.45) is 0 Å². The van der Waals surface area contributed by atoms with Crippen molar-refractivity contribution in [1.82, 2.24) is 4.90 Å². The lowest BCUT2D eigenvalue weighted by Crippen LogP contribution is -2.30. The third kappa shape index (κ3) is 4.40. The Morgan fingerprint density at radius 3 is 2.27 bits per heavy atom. The molecule has 0 radical (unpaired) electrons. The van der Waals surface area contributed by atoms with Gasteiger partial charge in [0, 0.05) is 12.1 Å². The maximum absolute atomic E-state index is 13.0. The Balaban J connectivity index is 2.05. The third-order valence-corrected chi connectivity index (χ3v) is 5.55. The van der Waals surface area contributed by atoms with Crippen LogP contribution < -0.4 is 4.74 Å². The Labute approximate surface area is 178 Å². The highest BCUT2D eigenvalue weighted by molar-refractivity contribution is 6.46. The zero-order chi connectivity index (χ0) is 21.7. The normalized spacial score (nSPS) is 18.1. The first-order chi connectivity index (χ1) is 14.5. The number of hydrogen-bond acceptors (Lipinski definition) is 4. The van der Waals surface area contributed by atoms with Gasteiger partial charge in [0.25, 0.3) is 11.7 Å². The standard InChI is InChI=1S/C25H29NO4/c1-4-5-6-7-16-26-22(18-12-14-20(30-3)15-13-18)21(24(28)25(26)29)23(27)19-10-8-17(2)9-11-19/h8-15,22,27H,4-7,16H2,1-3H3. The zero-order valence-electron chi connectivity index (χ0n) is 17.9. The molecule has 5 heteroatoms. The monoisotopic (exact) mass is 407 g/mol. The molecule has 5 nitrogen and oxygen atoms in total. The van der Waals surface area contributed by atoms with Gasteiger partial charge in [0.1, 0.15) is 11.5 Å². The first-order valence-corrected chi connectivity index (χ1v) is 10.5. The molecular weight excluding hydrogens is 378 g/mol. The number of aliphatic hydroxyl groups is 1. The summed E-state index contributed by atoms with van der Waals surface area (Å²) in [6, 6.07) is 14.0. The molecule has 0 aliphatic carbocycles. The van der Waals surface area contributed by atoms with E-state index in [9.17, 15) is 14.7 Å². The quantitative estimate of drug-likeness (QED) is 0.289. The van der Waals surface area contributed by atoms with Crippen molar-refractivity contribution in [1.29, 1.82) is 0 Å². The summed E-state index contributed by atoms with van der Waals surface area (Å²) >= 11 is 0. The number of unbranched alkanes of at least 4 members (excludes halogenated alkanes) is 3. The molecule has 1 heterocycles. The van der Waals surface area contributed by atoms with Crippen LogP contribution in [0.3, 0.4) is 0 Å². The van der Waals surface area contributed by atoms with Crippen LogP contribution >= 0.6 is 0 Å². The maximum atomic E-state index is 13.0. The minimum Gasteiger partial charge on any atom is -0.507 e. The van der Waals surface area contributed by atoms with Crippen LogP contribution in [-0.4, -0.2) is 35.4 Å². The fraction of sp³-hybridized carbons (Fsp3) is 0.360. The molecular formula is C25H29NO4. The van der Waals surface area contributed by atoms with Crippen LogP contribution in [0.1, 0.15) is 55.3 Å². The fourth-order valence-corrected chi connectivity index (χ4v) is 3.82. The molecule has 3 rings (SSSR count). The Hall–Kier alpha value is -3.08. The van der Waals surface area contributed by atoms with Crippen molar-refractivity contribution in [3.63, 3.8) is 0 Å². The number of amides is 1. The first kappa shape index (κ1) is 21.6. The lowest BCUT2D eigenvalue weighted by molar-refractivity contribution is -0.139. The Morgan fingerprint density at radius 1 is 1.00 bits per heavy atom. The molecule has 0 spiro atoms. The minimum absolute atomic E-state index is 0.134. The number of Topliss-reactive ketones (excluding diaryl/α,β-unsaturated/α-hetero) is 1. The number of methoxy groups -OCH3 is 1. The van der Waals surface area contributed by atoms with E-state index in [1.165, 1.54) is 0 Å². The van der Waals surface area contributed by atoms with Crippen molar-refractivity contribution < 1.29 is 19.4 Å². The van der Waals surface area contributed by atoms with Gasteiger partial charge in [0.2, 0.25) is 0 Å². The van der Waals surface area contributed by atoms with Gasteiger partial charge in [-0.2, -0.15) is 0 Å². The number of aryl methyl sites for hydroxylation is 1. The highest BCUT2D eigenvalue weighted by Gasteiger charge is 2.45. The Bertz CT molecular complexity index is 929. The van der Waals surface area contributed by atoms with E-state index in [1.54, 1.807) is 36.3 Å². The molecule has 2 aromatic rings. The van der Waals surface area contributed by atoms with Crippen molar-refractivity contribution >= 4 is 17.4 Å². The van der Waals surface area contributed by atoms with Crippen molar-refractivity contribution in [2.75, 3.05) is 13.7 Å². The molecule has 1 N–H and O–H groups in total. The molecule has 158 valence electrons. The summed E-state index contributed by atoms with van der Waals surface area (Å²) < 4.78 is 5.24. The van der Waals surface area contributed by atoms with E-state index >= 15 is 0 Å². The van der Waals surface area contributed by atoms with Crippen LogP contribution in [0.2, 0.25) is 0 Å². The van der Waals surface area contributed by atoms with Gasteiger partial charge in [0.15, 0.2) is 0 Å². The second-order valence-electron chi connectivity index (χ2n) is 7.69. The lowest BCUT2D eigenvalue weighted by atomic mass is 9.95. The van der Waals surface area contributed by atoms with Gasteiger partial charge < -0.3 is 14.7 Å². The summed E-state index contributed by atoms with van der Waals surface area (Å²) in [5, 5.41) is 11.0. The predicted molar refractivity (Wildman–Crippen MR) is 117 cm³/mol. The van der Waals surface area contributed by atoms with Gasteiger partial charge in [-0.25, -0.2) is 0 Å². The van der Waals surface area contributed by atoms with Gasteiger partial charge >= 0.3 is 0 Å². The summed E-state index contributed by atoms with van der Waals surface area (Å²) in [5.74, 6) is -0.632. The van der Waals surface area contributed by atoms with Gasteiger partial charge in [-0.05, 0) is 31.0 Å². The average Bonchev–Trinajstić information content (AvgIpc) is 3.01. The summed E-state index contributed by atoms with van der Waals surface area (Å²) in [6.07, 6.45) is 3.99. The number of benzene rings is 2. The number of carbonyl (C=O) groups is 2. The number of likely N-dealkylation sites (tertiary alicyclic amines) is 1. The number of hydrogen-bond donors (Lipinski definition) is 1. The van der Waals surface area contributed by atoms with Crippen LogP contribution in [0.25, 0.3) is 5.76 Å². The van der Waals surface area contributed by atoms with Crippen LogP contribution in [0.4, 0.5) is 0 Å². The Morgan fingerprint density at radius 2 is 1.67 bits per heavy atom. The minimum atomic E-state index is -0.635. The molecule has 1 saturated heterocycles.